The van der Waals surface area contributed by atoms with Gasteiger partial charge in [-0.1, -0.05) is 17.7 Å². The van der Waals surface area contributed by atoms with Crippen molar-refractivity contribution in [1.82, 2.24) is 0 Å². The first-order valence-electron chi connectivity index (χ1n) is 4.88. The Morgan fingerprint density at radius 1 is 1.38 bits per heavy atom. The van der Waals surface area contributed by atoms with Crippen LogP contribution in [0.25, 0.3) is 0 Å². The minimum atomic E-state index is 0.774. The number of benzene rings is 1. The monoisotopic (exact) mass is 315 g/mol. The molecule has 84 valence electrons. The third-order valence-electron chi connectivity index (χ3n) is 2.20. The number of thiophene rings is 1. The Balaban J connectivity index is 2.04. The first kappa shape index (κ1) is 12.0. The van der Waals surface area contributed by atoms with Crippen LogP contribution in [-0.4, -0.2) is 0 Å². The fourth-order valence-electron chi connectivity index (χ4n) is 1.39. The lowest BCUT2D eigenvalue weighted by atomic mass is 10.2. The summed E-state index contributed by atoms with van der Waals surface area (Å²) in [6, 6.07) is 8.15. The van der Waals surface area contributed by atoms with Gasteiger partial charge in [-0.05, 0) is 46.6 Å². The summed E-state index contributed by atoms with van der Waals surface area (Å²) in [6.45, 7) is 2.84. The molecule has 0 aliphatic rings. The molecule has 1 aromatic carbocycles. The molecule has 1 N–H and O–H groups in total. The van der Waals surface area contributed by atoms with E-state index in [2.05, 4.69) is 38.8 Å². The van der Waals surface area contributed by atoms with Gasteiger partial charge in [-0.15, -0.1) is 11.3 Å². The number of halogens is 2. The van der Waals surface area contributed by atoms with Gasteiger partial charge in [-0.3, -0.25) is 0 Å². The standard InChI is InChI=1S/C12H11BrClNS/c1-8-2-3-12(11(14)4-8)15-6-10-5-9(13)7-16-10/h2-5,7,15H,6H2,1H3. The van der Waals surface area contributed by atoms with Crippen LogP contribution in [0.2, 0.25) is 5.02 Å². The Morgan fingerprint density at radius 3 is 2.81 bits per heavy atom. The summed E-state index contributed by atoms with van der Waals surface area (Å²) < 4.78 is 1.13. The van der Waals surface area contributed by atoms with E-state index in [1.165, 1.54) is 10.4 Å². The molecular weight excluding hydrogens is 306 g/mol. The van der Waals surface area contributed by atoms with Gasteiger partial charge >= 0.3 is 0 Å². The molecule has 0 radical (unpaired) electrons. The van der Waals surface area contributed by atoms with Gasteiger partial charge in [0.2, 0.25) is 0 Å². The number of hydrogen-bond donors (Lipinski definition) is 1. The van der Waals surface area contributed by atoms with Gasteiger partial charge in [0.15, 0.2) is 0 Å². The van der Waals surface area contributed by atoms with Gasteiger partial charge in [0.25, 0.3) is 0 Å². The van der Waals surface area contributed by atoms with Crippen molar-refractivity contribution in [3.8, 4) is 0 Å². The van der Waals surface area contributed by atoms with Gasteiger partial charge in [0.05, 0.1) is 10.7 Å². The summed E-state index contributed by atoms with van der Waals surface area (Å²) >= 11 is 11.3. The second kappa shape index (κ2) is 5.21. The highest BCUT2D eigenvalue weighted by molar-refractivity contribution is 9.10. The topological polar surface area (TPSA) is 12.0 Å². The van der Waals surface area contributed by atoms with Crippen molar-refractivity contribution >= 4 is 44.6 Å². The van der Waals surface area contributed by atoms with E-state index >= 15 is 0 Å². The highest BCUT2D eigenvalue weighted by Gasteiger charge is 2.01. The Bertz CT molecular complexity index is 496. The van der Waals surface area contributed by atoms with E-state index < -0.39 is 0 Å². The molecule has 0 amide bonds. The first-order valence-corrected chi connectivity index (χ1v) is 6.93. The van der Waals surface area contributed by atoms with E-state index in [4.69, 9.17) is 11.6 Å². The molecule has 1 aromatic heterocycles. The van der Waals surface area contributed by atoms with Crippen LogP contribution in [0.4, 0.5) is 5.69 Å². The van der Waals surface area contributed by atoms with Crippen molar-refractivity contribution < 1.29 is 0 Å². The average Bonchev–Trinajstić information content (AvgIpc) is 2.63. The third-order valence-corrected chi connectivity index (χ3v) is 4.21. The fraction of sp³-hybridized carbons (Fsp3) is 0.167. The van der Waals surface area contributed by atoms with Crippen molar-refractivity contribution in [2.24, 2.45) is 0 Å². The molecule has 0 aliphatic carbocycles. The van der Waals surface area contributed by atoms with E-state index in [1.54, 1.807) is 11.3 Å². The molecule has 0 atom stereocenters. The molecule has 0 bridgehead atoms. The highest BCUT2D eigenvalue weighted by Crippen LogP contribution is 2.25. The van der Waals surface area contributed by atoms with Gasteiger partial charge in [-0.2, -0.15) is 0 Å². The first-order chi connectivity index (χ1) is 7.65. The molecule has 0 unspecified atom stereocenters. The number of nitrogens with one attached hydrogen (secondary N) is 1. The zero-order chi connectivity index (χ0) is 11.5. The van der Waals surface area contributed by atoms with Crippen molar-refractivity contribution in [1.29, 1.82) is 0 Å². The van der Waals surface area contributed by atoms with E-state index in [1.807, 2.05) is 19.1 Å². The summed E-state index contributed by atoms with van der Waals surface area (Å²) in [5, 5.41) is 6.18. The van der Waals surface area contributed by atoms with Crippen LogP contribution in [0.5, 0.6) is 0 Å². The van der Waals surface area contributed by atoms with Crippen molar-refractivity contribution in [3.63, 3.8) is 0 Å². The highest BCUT2D eigenvalue weighted by atomic mass is 79.9. The van der Waals surface area contributed by atoms with E-state index in [9.17, 15) is 0 Å². The lowest BCUT2D eigenvalue weighted by Gasteiger charge is -2.07. The number of hydrogen-bond acceptors (Lipinski definition) is 2. The van der Waals surface area contributed by atoms with Crippen LogP contribution in [0, 0.1) is 6.92 Å². The molecule has 0 aliphatic heterocycles. The van der Waals surface area contributed by atoms with Gasteiger partial charge in [0, 0.05) is 21.3 Å². The zero-order valence-electron chi connectivity index (χ0n) is 8.76. The second-order valence-corrected chi connectivity index (χ2v) is 5.89. The van der Waals surface area contributed by atoms with Crippen LogP contribution in [0.15, 0.2) is 34.1 Å². The van der Waals surface area contributed by atoms with Gasteiger partial charge < -0.3 is 5.32 Å². The molecule has 0 saturated carbocycles. The third kappa shape index (κ3) is 3.00. The number of aryl methyl sites for hydroxylation is 1. The molecule has 0 saturated heterocycles. The summed E-state index contributed by atoms with van der Waals surface area (Å²) in [6.07, 6.45) is 0. The predicted molar refractivity (Wildman–Crippen MR) is 75.5 cm³/mol. The quantitative estimate of drug-likeness (QED) is 0.832. The molecular formula is C12H11BrClNS. The van der Waals surface area contributed by atoms with E-state index in [-0.39, 0.29) is 0 Å². The molecule has 16 heavy (non-hydrogen) atoms. The molecule has 2 aromatic rings. The lowest BCUT2D eigenvalue weighted by molar-refractivity contribution is 1.19. The van der Waals surface area contributed by atoms with Crippen molar-refractivity contribution in [2.75, 3.05) is 5.32 Å². The summed E-state index contributed by atoms with van der Waals surface area (Å²) in [5.74, 6) is 0. The Kier molecular flexibility index (Phi) is 3.90. The van der Waals surface area contributed by atoms with Gasteiger partial charge in [-0.25, -0.2) is 0 Å². The maximum absolute atomic E-state index is 6.13. The number of rotatable bonds is 3. The minimum Gasteiger partial charge on any atom is -0.379 e. The largest absolute Gasteiger partial charge is 0.379 e. The molecule has 0 spiro atoms. The number of anilines is 1. The van der Waals surface area contributed by atoms with Crippen LogP contribution in [-0.2, 0) is 6.54 Å². The smallest absolute Gasteiger partial charge is 0.0640 e. The lowest BCUT2D eigenvalue weighted by Crippen LogP contribution is -1.97. The molecule has 0 fully saturated rings. The van der Waals surface area contributed by atoms with E-state index in [0.717, 1.165) is 21.7 Å². The summed E-state index contributed by atoms with van der Waals surface area (Å²) in [4.78, 5) is 1.28. The van der Waals surface area contributed by atoms with Crippen LogP contribution in [0.3, 0.4) is 0 Å². The molecule has 1 heterocycles. The van der Waals surface area contributed by atoms with Crippen LogP contribution in [0.1, 0.15) is 10.4 Å². The van der Waals surface area contributed by atoms with Crippen molar-refractivity contribution in [3.05, 3.63) is 49.6 Å². The maximum atomic E-state index is 6.13. The van der Waals surface area contributed by atoms with Crippen LogP contribution >= 0.6 is 38.9 Å². The Hall–Kier alpha value is -0.510. The van der Waals surface area contributed by atoms with Crippen molar-refractivity contribution in [2.45, 2.75) is 13.5 Å². The normalized spacial score (nSPS) is 10.4. The zero-order valence-corrected chi connectivity index (χ0v) is 11.9. The average molecular weight is 317 g/mol. The fourth-order valence-corrected chi connectivity index (χ4v) is 3.09. The second-order valence-electron chi connectivity index (χ2n) is 3.57. The summed E-state index contributed by atoms with van der Waals surface area (Å²) in [5.41, 5.74) is 2.16. The van der Waals surface area contributed by atoms with Crippen LogP contribution < -0.4 is 5.32 Å². The molecule has 1 nitrogen and oxygen atoms in total. The SMILES string of the molecule is Cc1ccc(NCc2cc(Br)cs2)c(Cl)c1. The maximum Gasteiger partial charge on any atom is 0.0640 e. The van der Waals surface area contributed by atoms with Gasteiger partial charge in [0.1, 0.15) is 0 Å². The Labute approximate surface area is 113 Å². The minimum absolute atomic E-state index is 0.774. The van der Waals surface area contributed by atoms with E-state index in [0.29, 0.717) is 0 Å². The Morgan fingerprint density at radius 2 is 2.19 bits per heavy atom. The predicted octanol–water partition coefficient (Wildman–Crippen LogP) is 5.08. The molecule has 2 rings (SSSR count). The summed E-state index contributed by atoms with van der Waals surface area (Å²) in [7, 11) is 0. The molecule has 4 heteroatoms.